The van der Waals surface area contributed by atoms with Gasteiger partial charge in [-0.25, -0.2) is 0 Å². The molecule has 104 valence electrons. The molecule has 1 aromatic carbocycles. The van der Waals surface area contributed by atoms with Crippen LogP contribution in [0.25, 0.3) is 10.9 Å². The van der Waals surface area contributed by atoms with Gasteiger partial charge in [-0.15, -0.1) is 11.3 Å². The van der Waals surface area contributed by atoms with Crippen molar-refractivity contribution in [3.63, 3.8) is 0 Å². The first-order chi connectivity index (χ1) is 9.74. The van der Waals surface area contributed by atoms with Crippen molar-refractivity contribution in [1.29, 1.82) is 0 Å². The van der Waals surface area contributed by atoms with Crippen molar-refractivity contribution in [2.24, 2.45) is 7.05 Å². The summed E-state index contributed by atoms with van der Waals surface area (Å²) in [6.07, 6.45) is 3.24. The number of hydrogen-bond donors (Lipinski definition) is 1. The van der Waals surface area contributed by atoms with E-state index in [9.17, 15) is 0 Å². The minimum Gasteiger partial charge on any atom is -0.350 e. The number of halogens is 1. The molecule has 3 aromatic rings. The summed E-state index contributed by atoms with van der Waals surface area (Å²) in [7, 11) is 2.10. The highest BCUT2D eigenvalue weighted by molar-refractivity contribution is 7.16. The predicted octanol–water partition coefficient (Wildman–Crippen LogP) is 4.23. The van der Waals surface area contributed by atoms with Crippen LogP contribution in [0.2, 0.25) is 4.34 Å². The smallest absolute Gasteiger partial charge is 0.0931 e. The molecule has 0 radical (unpaired) electrons. The lowest BCUT2D eigenvalue weighted by molar-refractivity contribution is 0.691. The molecule has 0 aliphatic carbocycles. The third kappa shape index (κ3) is 2.90. The summed E-state index contributed by atoms with van der Waals surface area (Å²) in [5.74, 6) is 0. The number of fused-ring (bicyclic) bond motifs is 1. The van der Waals surface area contributed by atoms with Crippen molar-refractivity contribution in [3.8, 4) is 0 Å². The highest BCUT2D eigenvalue weighted by Gasteiger charge is 2.05. The van der Waals surface area contributed by atoms with E-state index in [0.29, 0.717) is 0 Å². The zero-order valence-corrected chi connectivity index (χ0v) is 13.0. The first-order valence-electron chi connectivity index (χ1n) is 6.72. The second-order valence-corrected chi connectivity index (χ2v) is 6.71. The highest BCUT2D eigenvalue weighted by atomic mass is 35.5. The van der Waals surface area contributed by atoms with Crippen LogP contribution in [0, 0.1) is 0 Å². The number of aryl methyl sites for hydroxylation is 1. The first-order valence-corrected chi connectivity index (χ1v) is 7.91. The van der Waals surface area contributed by atoms with Crippen molar-refractivity contribution in [2.75, 3.05) is 6.54 Å². The van der Waals surface area contributed by atoms with Gasteiger partial charge in [-0.2, -0.15) is 0 Å². The Morgan fingerprint density at radius 2 is 2.05 bits per heavy atom. The summed E-state index contributed by atoms with van der Waals surface area (Å²) in [4.78, 5) is 1.33. The van der Waals surface area contributed by atoms with E-state index in [0.717, 1.165) is 23.8 Å². The van der Waals surface area contributed by atoms with Crippen LogP contribution in [0.15, 0.2) is 42.6 Å². The van der Waals surface area contributed by atoms with Gasteiger partial charge in [-0.1, -0.05) is 29.8 Å². The molecule has 20 heavy (non-hydrogen) atoms. The molecule has 0 saturated carbocycles. The molecule has 3 rings (SSSR count). The maximum atomic E-state index is 5.93. The maximum absolute atomic E-state index is 5.93. The molecule has 0 aliphatic rings. The van der Waals surface area contributed by atoms with E-state index in [1.165, 1.54) is 21.3 Å². The Kier molecular flexibility index (Phi) is 4.10. The molecule has 2 aromatic heterocycles. The number of nitrogens with zero attached hydrogens (tertiary/aromatic N) is 1. The summed E-state index contributed by atoms with van der Waals surface area (Å²) in [6.45, 7) is 1.88. The Morgan fingerprint density at radius 1 is 1.20 bits per heavy atom. The zero-order valence-electron chi connectivity index (χ0n) is 11.4. The van der Waals surface area contributed by atoms with E-state index in [4.69, 9.17) is 11.6 Å². The van der Waals surface area contributed by atoms with Crippen LogP contribution < -0.4 is 5.32 Å². The Balaban J connectivity index is 1.60. The number of thiophene rings is 1. The topological polar surface area (TPSA) is 17.0 Å². The molecular formula is C16H17ClN2S. The summed E-state index contributed by atoms with van der Waals surface area (Å²) in [5, 5.41) is 4.85. The van der Waals surface area contributed by atoms with Gasteiger partial charge in [-0.3, -0.25) is 0 Å². The van der Waals surface area contributed by atoms with E-state index in [1.54, 1.807) is 11.3 Å². The predicted molar refractivity (Wildman–Crippen MR) is 87.7 cm³/mol. The molecule has 0 spiro atoms. The standard InChI is InChI=1S/C16H17ClN2S/c1-19-11-12(14-4-2-3-5-15(14)19)10-18-9-8-13-6-7-16(17)20-13/h2-7,11,18H,8-10H2,1H3. The third-order valence-corrected chi connectivity index (χ3v) is 4.76. The van der Waals surface area contributed by atoms with Gasteiger partial charge in [-0.05, 0) is 30.2 Å². The van der Waals surface area contributed by atoms with Gasteiger partial charge in [0.1, 0.15) is 0 Å². The fraction of sp³-hybridized carbons (Fsp3) is 0.250. The molecule has 1 N–H and O–H groups in total. The maximum Gasteiger partial charge on any atom is 0.0931 e. The lowest BCUT2D eigenvalue weighted by Crippen LogP contribution is -2.16. The van der Waals surface area contributed by atoms with E-state index < -0.39 is 0 Å². The Bertz CT molecular complexity index is 714. The summed E-state index contributed by atoms with van der Waals surface area (Å²) >= 11 is 7.59. The van der Waals surface area contributed by atoms with E-state index in [1.807, 2.05) is 6.07 Å². The Morgan fingerprint density at radius 3 is 2.85 bits per heavy atom. The van der Waals surface area contributed by atoms with Gasteiger partial charge in [0.15, 0.2) is 0 Å². The molecule has 2 nitrogen and oxygen atoms in total. The summed E-state index contributed by atoms with van der Waals surface area (Å²) < 4.78 is 3.06. The zero-order chi connectivity index (χ0) is 13.9. The second-order valence-electron chi connectivity index (χ2n) is 4.91. The van der Waals surface area contributed by atoms with Gasteiger partial charge < -0.3 is 9.88 Å². The fourth-order valence-corrected chi connectivity index (χ4v) is 3.57. The van der Waals surface area contributed by atoms with E-state index in [-0.39, 0.29) is 0 Å². The molecular weight excluding hydrogens is 288 g/mol. The molecule has 0 atom stereocenters. The highest BCUT2D eigenvalue weighted by Crippen LogP contribution is 2.22. The van der Waals surface area contributed by atoms with Crippen LogP contribution in [-0.4, -0.2) is 11.1 Å². The van der Waals surface area contributed by atoms with Crippen molar-refractivity contribution in [3.05, 3.63) is 57.4 Å². The van der Waals surface area contributed by atoms with Crippen LogP contribution in [0.1, 0.15) is 10.4 Å². The SMILES string of the molecule is Cn1cc(CNCCc2ccc(Cl)s2)c2ccccc21. The molecule has 4 heteroatoms. The van der Waals surface area contributed by atoms with Gasteiger partial charge in [0.2, 0.25) is 0 Å². The van der Waals surface area contributed by atoms with E-state index >= 15 is 0 Å². The van der Waals surface area contributed by atoms with Crippen LogP contribution in [0.3, 0.4) is 0 Å². The van der Waals surface area contributed by atoms with Crippen LogP contribution in [-0.2, 0) is 20.0 Å². The average molecular weight is 305 g/mol. The second kappa shape index (κ2) is 6.00. The van der Waals surface area contributed by atoms with Crippen LogP contribution in [0.4, 0.5) is 0 Å². The molecule has 0 fully saturated rings. The van der Waals surface area contributed by atoms with Gasteiger partial charge in [0, 0.05) is 42.1 Å². The van der Waals surface area contributed by atoms with E-state index in [2.05, 4.69) is 53.5 Å². The number of nitrogens with one attached hydrogen (secondary N) is 1. The summed E-state index contributed by atoms with van der Waals surface area (Å²) in [5.41, 5.74) is 2.64. The first kappa shape index (κ1) is 13.7. The van der Waals surface area contributed by atoms with Gasteiger partial charge in [0.05, 0.1) is 4.34 Å². The lowest BCUT2D eigenvalue weighted by atomic mass is 10.2. The van der Waals surface area contributed by atoms with Crippen molar-refractivity contribution >= 4 is 33.8 Å². The molecule has 0 unspecified atom stereocenters. The fourth-order valence-electron chi connectivity index (χ4n) is 2.49. The molecule has 0 saturated heterocycles. The molecule has 0 amide bonds. The monoisotopic (exact) mass is 304 g/mol. The number of rotatable bonds is 5. The van der Waals surface area contributed by atoms with Crippen molar-refractivity contribution in [2.45, 2.75) is 13.0 Å². The quantitative estimate of drug-likeness (QED) is 0.698. The molecule has 0 aliphatic heterocycles. The van der Waals surface area contributed by atoms with Crippen LogP contribution in [0.5, 0.6) is 0 Å². The van der Waals surface area contributed by atoms with Crippen LogP contribution >= 0.6 is 22.9 Å². The number of para-hydroxylation sites is 1. The third-order valence-electron chi connectivity index (χ3n) is 3.47. The van der Waals surface area contributed by atoms with Crippen molar-refractivity contribution < 1.29 is 0 Å². The number of benzene rings is 1. The Labute approximate surface area is 128 Å². The van der Waals surface area contributed by atoms with Gasteiger partial charge >= 0.3 is 0 Å². The normalized spacial score (nSPS) is 11.3. The minimum atomic E-state index is 0.869. The molecule has 2 heterocycles. The number of aromatic nitrogens is 1. The van der Waals surface area contributed by atoms with Gasteiger partial charge in [0.25, 0.3) is 0 Å². The van der Waals surface area contributed by atoms with Crippen molar-refractivity contribution in [1.82, 2.24) is 9.88 Å². The average Bonchev–Trinajstić information content (AvgIpc) is 3.00. The minimum absolute atomic E-state index is 0.869. The lowest BCUT2D eigenvalue weighted by Gasteiger charge is -2.02. The molecule has 0 bridgehead atoms. The largest absolute Gasteiger partial charge is 0.350 e. The Hall–Kier alpha value is -1.29. The summed E-state index contributed by atoms with van der Waals surface area (Å²) in [6, 6.07) is 12.6. The number of hydrogen-bond acceptors (Lipinski definition) is 2.